The van der Waals surface area contributed by atoms with E-state index >= 15 is 0 Å². The molecule has 1 rings (SSSR count). The van der Waals surface area contributed by atoms with Crippen LogP contribution in [0.25, 0.3) is 0 Å². The number of aromatic nitrogens is 3. The first-order valence-corrected chi connectivity index (χ1v) is 6.08. The average Bonchev–Trinajstić information content (AvgIpc) is 2.29. The van der Waals surface area contributed by atoms with Gasteiger partial charge in [0.05, 0.1) is 0 Å². The molecule has 0 aliphatic carbocycles. The molecule has 0 aliphatic heterocycles. The van der Waals surface area contributed by atoms with E-state index < -0.39 is 11.9 Å². The summed E-state index contributed by atoms with van der Waals surface area (Å²) in [6.45, 7) is 7.10. The molecule has 0 saturated heterocycles. The molecule has 1 atom stereocenters. The molecule has 1 unspecified atom stereocenters. The van der Waals surface area contributed by atoms with E-state index in [1.807, 2.05) is 18.7 Å². The number of halogens is 1. The van der Waals surface area contributed by atoms with Crippen molar-refractivity contribution in [3.05, 3.63) is 5.28 Å². The minimum atomic E-state index is -0.576. The molecule has 8 heteroatoms. The normalized spacial score (nSPS) is 12.0. The highest BCUT2D eigenvalue weighted by atomic mass is 35.5. The lowest BCUT2D eigenvalue weighted by Crippen LogP contribution is -2.33. The second-order valence-electron chi connectivity index (χ2n) is 3.67. The third-order valence-corrected chi connectivity index (χ3v) is 2.58. The number of rotatable bonds is 6. The van der Waals surface area contributed by atoms with Gasteiger partial charge in [0, 0.05) is 13.1 Å². The molecule has 18 heavy (non-hydrogen) atoms. The van der Waals surface area contributed by atoms with E-state index in [1.165, 1.54) is 0 Å². The number of primary amides is 1. The summed E-state index contributed by atoms with van der Waals surface area (Å²) in [6, 6.07) is -0.576. The van der Waals surface area contributed by atoms with Crippen LogP contribution in [0.4, 0.5) is 11.9 Å². The molecule has 0 bridgehead atoms. The van der Waals surface area contributed by atoms with Crippen LogP contribution in [0.1, 0.15) is 20.8 Å². The van der Waals surface area contributed by atoms with Crippen LogP contribution in [0.3, 0.4) is 0 Å². The number of nitrogens with zero attached hydrogens (tertiary/aromatic N) is 4. The van der Waals surface area contributed by atoms with Crippen molar-refractivity contribution >= 4 is 29.4 Å². The Morgan fingerprint density at radius 1 is 1.39 bits per heavy atom. The molecule has 100 valence electrons. The average molecular weight is 273 g/mol. The van der Waals surface area contributed by atoms with Gasteiger partial charge in [-0.05, 0) is 32.4 Å². The molecule has 1 aromatic heterocycles. The van der Waals surface area contributed by atoms with Gasteiger partial charge in [-0.1, -0.05) is 0 Å². The van der Waals surface area contributed by atoms with Crippen LogP contribution < -0.4 is 16.0 Å². The standard InChI is InChI=1S/C10H17ClN6O/c1-4-17(5-2)10-15-8(11)14-9(16-10)13-6(3)7(12)18/h6H,4-5H2,1-3H3,(H2,12,18)(H,13,14,15,16). The number of carbonyl (C=O) groups excluding carboxylic acids is 1. The number of hydrogen-bond donors (Lipinski definition) is 2. The van der Waals surface area contributed by atoms with E-state index in [9.17, 15) is 4.79 Å². The van der Waals surface area contributed by atoms with E-state index in [-0.39, 0.29) is 11.2 Å². The summed E-state index contributed by atoms with van der Waals surface area (Å²) in [5.41, 5.74) is 5.16. The maximum Gasteiger partial charge on any atom is 0.239 e. The Morgan fingerprint density at radius 2 is 2.00 bits per heavy atom. The quantitative estimate of drug-likeness (QED) is 0.789. The van der Waals surface area contributed by atoms with Crippen molar-refractivity contribution in [2.75, 3.05) is 23.3 Å². The fourth-order valence-electron chi connectivity index (χ4n) is 1.32. The maximum absolute atomic E-state index is 11.0. The lowest BCUT2D eigenvalue weighted by atomic mass is 10.3. The first-order chi connectivity index (χ1) is 8.47. The van der Waals surface area contributed by atoms with Gasteiger partial charge in [0.15, 0.2) is 0 Å². The van der Waals surface area contributed by atoms with E-state index in [1.54, 1.807) is 6.92 Å². The summed E-state index contributed by atoms with van der Waals surface area (Å²) in [5, 5.41) is 2.85. The largest absolute Gasteiger partial charge is 0.368 e. The van der Waals surface area contributed by atoms with Crippen LogP contribution in [-0.2, 0) is 4.79 Å². The Morgan fingerprint density at radius 3 is 2.50 bits per heavy atom. The summed E-state index contributed by atoms with van der Waals surface area (Å²) in [5.74, 6) is 0.221. The summed E-state index contributed by atoms with van der Waals surface area (Å²) in [7, 11) is 0. The molecular formula is C10H17ClN6O. The van der Waals surface area contributed by atoms with Gasteiger partial charge in [0.2, 0.25) is 23.1 Å². The van der Waals surface area contributed by atoms with Crippen LogP contribution in [0, 0.1) is 0 Å². The van der Waals surface area contributed by atoms with Crippen molar-refractivity contribution in [2.45, 2.75) is 26.8 Å². The Balaban J connectivity index is 2.96. The SMILES string of the molecule is CCN(CC)c1nc(Cl)nc(NC(C)C(N)=O)n1. The van der Waals surface area contributed by atoms with Crippen molar-refractivity contribution in [3.8, 4) is 0 Å². The molecule has 3 N–H and O–H groups in total. The Labute approximate surface area is 111 Å². The molecule has 0 aliphatic rings. The fourth-order valence-corrected chi connectivity index (χ4v) is 1.47. The number of anilines is 2. The van der Waals surface area contributed by atoms with E-state index in [4.69, 9.17) is 17.3 Å². The molecule has 0 spiro atoms. The number of hydrogen-bond acceptors (Lipinski definition) is 6. The summed E-state index contributed by atoms with van der Waals surface area (Å²) >= 11 is 5.83. The third-order valence-electron chi connectivity index (χ3n) is 2.41. The number of amides is 1. The molecule has 0 radical (unpaired) electrons. The van der Waals surface area contributed by atoms with Gasteiger partial charge in [0.1, 0.15) is 6.04 Å². The monoisotopic (exact) mass is 272 g/mol. The van der Waals surface area contributed by atoms with Crippen molar-refractivity contribution in [3.63, 3.8) is 0 Å². The topological polar surface area (TPSA) is 97.0 Å². The number of carbonyl (C=O) groups is 1. The van der Waals surface area contributed by atoms with Crippen LogP contribution in [0.5, 0.6) is 0 Å². The summed E-state index contributed by atoms with van der Waals surface area (Å²) in [4.78, 5) is 25.0. The Kier molecular flexibility index (Phi) is 5.08. The second kappa shape index (κ2) is 6.34. The summed E-state index contributed by atoms with van der Waals surface area (Å²) < 4.78 is 0. The Hall–Kier alpha value is -1.63. The van der Waals surface area contributed by atoms with Gasteiger partial charge in [0.25, 0.3) is 0 Å². The maximum atomic E-state index is 11.0. The summed E-state index contributed by atoms with van der Waals surface area (Å²) in [6.07, 6.45) is 0. The first kappa shape index (κ1) is 14.4. The fraction of sp³-hybridized carbons (Fsp3) is 0.600. The van der Waals surface area contributed by atoms with Crippen molar-refractivity contribution < 1.29 is 4.79 Å². The van der Waals surface area contributed by atoms with Crippen LogP contribution in [0.15, 0.2) is 0 Å². The predicted octanol–water partition coefficient (Wildman–Crippen LogP) is 0.657. The van der Waals surface area contributed by atoms with Crippen molar-refractivity contribution in [1.82, 2.24) is 15.0 Å². The zero-order valence-electron chi connectivity index (χ0n) is 10.6. The van der Waals surface area contributed by atoms with Gasteiger partial charge in [-0.25, -0.2) is 0 Å². The smallest absolute Gasteiger partial charge is 0.239 e. The first-order valence-electron chi connectivity index (χ1n) is 5.70. The third kappa shape index (κ3) is 3.69. The lowest BCUT2D eigenvalue weighted by molar-refractivity contribution is -0.118. The van der Waals surface area contributed by atoms with Gasteiger partial charge in [-0.3, -0.25) is 4.79 Å². The molecule has 1 amide bonds. The zero-order valence-corrected chi connectivity index (χ0v) is 11.4. The molecule has 0 fully saturated rings. The molecule has 0 aromatic carbocycles. The molecule has 1 aromatic rings. The van der Waals surface area contributed by atoms with Crippen LogP contribution in [-0.4, -0.2) is 40.0 Å². The highest BCUT2D eigenvalue weighted by Crippen LogP contribution is 2.13. The van der Waals surface area contributed by atoms with E-state index in [0.717, 1.165) is 13.1 Å². The second-order valence-corrected chi connectivity index (χ2v) is 4.01. The van der Waals surface area contributed by atoms with Gasteiger partial charge >= 0.3 is 0 Å². The van der Waals surface area contributed by atoms with Crippen molar-refractivity contribution in [1.29, 1.82) is 0 Å². The van der Waals surface area contributed by atoms with Crippen molar-refractivity contribution in [2.24, 2.45) is 5.73 Å². The zero-order chi connectivity index (χ0) is 13.7. The molecule has 0 saturated carbocycles. The number of nitrogens with two attached hydrogens (primary N) is 1. The molecule has 1 heterocycles. The van der Waals surface area contributed by atoms with E-state index in [0.29, 0.717) is 5.95 Å². The minimum Gasteiger partial charge on any atom is -0.368 e. The van der Waals surface area contributed by atoms with Crippen LogP contribution in [0.2, 0.25) is 5.28 Å². The highest BCUT2D eigenvalue weighted by molar-refractivity contribution is 6.28. The van der Waals surface area contributed by atoms with Gasteiger partial charge in [-0.2, -0.15) is 15.0 Å². The lowest BCUT2D eigenvalue weighted by Gasteiger charge is -2.19. The van der Waals surface area contributed by atoms with Gasteiger partial charge < -0.3 is 16.0 Å². The molecular weight excluding hydrogens is 256 g/mol. The Bertz CT molecular complexity index is 423. The van der Waals surface area contributed by atoms with E-state index in [2.05, 4.69) is 20.3 Å². The molecule has 7 nitrogen and oxygen atoms in total. The van der Waals surface area contributed by atoms with Crippen LogP contribution >= 0.6 is 11.6 Å². The number of nitrogens with one attached hydrogen (secondary N) is 1. The predicted molar refractivity (Wildman–Crippen MR) is 70.7 cm³/mol. The highest BCUT2D eigenvalue weighted by Gasteiger charge is 2.14. The minimum absolute atomic E-state index is 0.0751. The van der Waals surface area contributed by atoms with Gasteiger partial charge in [-0.15, -0.1) is 0 Å².